The van der Waals surface area contributed by atoms with E-state index in [4.69, 9.17) is 0 Å². The third-order valence-corrected chi connectivity index (χ3v) is 2.33. The Morgan fingerprint density at radius 3 is 2.00 bits per heavy atom. The first-order chi connectivity index (χ1) is 6.04. The summed E-state index contributed by atoms with van der Waals surface area (Å²) in [5.74, 6) is 1.55. The second-order valence-corrected chi connectivity index (χ2v) is 3.94. The third kappa shape index (κ3) is 7.78. The van der Waals surface area contributed by atoms with Gasteiger partial charge in [-0.3, -0.25) is 4.79 Å². The van der Waals surface area contributed by atoms with E-state index in [1.165, 1.54) is 32.9 Å². The lowest BCUT2D eigenvalue weighted by molar-refractivity contribution is -0.115. The number of nitrogens with one attached hydrogen (secondary N) is 1. The van der Waals surface area contributed by atoms with Crippen LogP contribution in [0.4, 0.5) is 0 Å². The third-order valence-electron chi connectivity index (χ3n) is 2.33. The maximum absolute atomic E-state index is 9.22. The summed E-state index contributed by atoms with van der Waals surface area (Å²) in [5, 5.41) is 3.37. The van der Waals surface area contributed by atoms with Crippen LogP contribution in [0.2, 0.25) is 0 Å². The van der Waals surface area contributed by atoms with Crippen LogP contribution in [0, 0.1) is 11.8 Å². The van der Waals surface area contributed by atoms with E-state index >= 15 is 0 Å². The summed E-state index contributed by atoms with van der Waals surface area (Å²) in [6.07, 6.45) is 2.77. The fraction of sp³-hybridized carbons (Fsp3) is 0.900. The molecule has 1 fully saturated rings. The summed E-state index contributed by atoms with van der Waals surface area (Å²) in [7, 11) is 0. The highest BCUT2D eigenvalue weighted by atomic mass is 16.1. The highest BCUT2D eigenvalue weighted by Crippen LogP contribution is 2.20. The Kier molecular flexibility index (Phi) is 6.59. The molecule has 78 valence electrons. The molecule has 0 aromatic carbocycles. The molecule has 1 aliphatic heterocycles. The molecule has 0 aliphatic carbocycles. The van der Waals surface area contributed by atoms with Gasteiger partial charge in [-0.1, -0.05) is 13.8 Å². The first kappa shape index (κ1) is 12.4. The number of piperidine rings is 1. The topological polar surface area (TPSA) is 55.1 Å². The molecule has 1 aliphatic rings. The predicted molar refractivity (Wildman–Crippen MR) is 55.3 cm³/mol. The van der Waals surface area contributed by atoms with E-state index in [0.717, 1.165) is 11.8 Å². The molecule has 0 aromatic heterocycles. The van der Waals surface area contributed by atoms with Gasteiger partial charge in [0, 0.05) is 6.92 Å². The van der Waals surface area contributed by atoms with Crippen molar-refractivity contribution >= 4 is 5.91 Å². The Bertz CT molecular complexity index is 136. The second kappa shape index (κ2) is 6.89. The van der Waals surface area contributed by atoms with Crippen LogP contribution in [0.1, 0.15) is 33.6 Å². The fourth-order valence-electron chi connectivity index (χ4n) is 1.51. The molecule has 0 atom stereocenters. The molecular weight excluding hydrogens is 164 g/mol. The maximum Gasteiger partial charge on any atom is 0.214 e. The van der Waals surface area contributed by atoms with Gasteiger partial charge in [-0.2, -0.15) is 0 Å². The average Bonchev–Trinajstić information content (AvgIpc) is 2.05. The minimum Gasteiger partial charge on any atom is -0.370 e. The number of rotatable bonds is 1. The number of hydrogen-bond donors (Lipinski definition) is 2. The largest absolute Gasteiger partial charge is 0.370 e. The predicted octanol–water partition coefficient (Wildman–Crippen LogP) is 1.13. The van der Waals surface area contributed by atoms with Crippen molar-refractivity contribution in [1.29, 1.82) is 0 Å². The van der Waals surface area contributed by atoms with Crippen molar-refractivity contribution in [2.45, 2.75) is 33.6 Å². The van der Waals surface area contributed by atoms with Gasteiger partial charge in [0.15, 0.2) is 0 Å². The molecule has 3 heteroatoms. The van der Waals surface area contributed by atoms with Crippen molar-refractivity contribution in [2.75, 3.05) is 13.1 Å². The van der Waals surface area contributed by atoms with E-state index in [2.05, 4.69) is 24.9 Å². The highest BCUT2D eigenvalue weighted by Gasteiger charge is 2.15. The van der Waals surface area contributed by atoms with Crippen LogP contribution in [-0.2, 0) is 4.79 Å². The fourth-order valence-corrected chi connectivity index (χ4v) is 1.51. The monoisotopic (exact) mass is 186 g/mol. The Labute approximate surface area is 81.1 Å². The van der Waals surface area contributed by atoms with Gasteiger partial charge in [0.25, 0.3) is 0 Å². The average molecular weight is 186 g/mol. The first-order valence-electron chi connectivity index (χ1n) is 5.00. The van der Waals surface area contributed by atoms with E-state index in [-0.39, 0.29) is 5.91 Å². The van der Waals surface area contributed by atoms with Crippen molar-refractivity contribution in [2.24, 2.45) is 17.6 Å². The van der Waals surface area contributed by atoms with Gasteiger partial charge >= 0.3 is 0 Å². The standard InChI is InChI=1S/C8H17N.C2H5NO/c1-7(2)8-3-5-9-6-4-8;1-2(3)4/h7-9H,3-6H2,1-2H3;1H3,(H2,3,4). The quantitative estimate of drug-likeness (QED) is 0.645. The lowest BCUT2D eigenvalue weighted by atomic mass is 9.87. The molecule has 0 unspecified atom stereocenters. The summed E-state index contributed by atoms with van der Waals surface area (Å²) >= 11 is 0. The Morgan fingerprint density at radius 1 is 1.38 bits per heavy atom. The van der Waals surface area contributed by atoms with Crippen molar-refractivity contribution < 1.29 is 4.79 Å². The molecule has 0 saturated carbocycles. The summed E-state index contributed by atoms with van der Waals surface area (Å²) < 4.78 is 0. The van der Waals surface area contributed by atoms with Crippen LogP contribution >= 0.6 is 0 Å². The molecule has 3 N–H and O–H groups in total. The molecular formula is C10H22N2O. The van der Waals surface area contributed by atoms with Crippen LogP contribution in [0.15, 0.2) is 0 Å². The van der Waals surface area contributed by atoms with Gasteiger partial charge in [0.05, 0.1) is 0 Å². The lowest BCUT2D eigenvalue weighted by Gasteiger charge is -2.25. The molecule has 0 radical (unpaired) electrons. The summed E-state index contributed by atoms with van der Waals surface area (Å²) in [6.45, 7) is 8.44. The number of hydrogen-bond acceptors (Lipinski definition) is 2. The van der Waals surface area contributed by atoms with Gasteiger partial charge in [-0.05, 0) is 37.8 Å². The highest BCUT2D eigenvalue weighted by molar-refractivity contribution is 5.70. The molecule has 1 amide bonds. The molecule has 0 bridgehead atoms. The SMILES string of the molecule is CC(C)C1CCNCC1.CC(N)=O. The summed E-state index contributed by atoms with van der Waals surface area (Å²) in [6, 6.07) is 0. The molecule has 1 heterocycles. The number of amides is 1. The zero-order valence-electron chi connectivity index (χ0n) is 8.97. The number of carbonyl (C=O) groups excluding carboxylic acids is 1. The van der Waals surface area contributed by atoms with Crippen molar-refractivity contribution in [3.63, 3.8) is 0 Å². The van der Waals surface area contributed by atoms with E-state index in [0.29, 0.717) is 0 Å². The van der Waals surface area contributed by atoms with Crippen molar-refractivity contribution in [3.8, 4) is 0 Å². The second-order valence-electron chi connectivity index (χ2n) is 3.94. The van der Waals surface area contributed by atoms with E-state index < -0.39 is 0 Å². The Balaban J connectivity index is 0.000000310. The number of carbonyl (C=O) groups is 1. The van der Waals surface area contributed by atoms with Gasteiger partial charge in [0.2, 0.25) is 5.91 Å². The molecule has 0 aromatic rings. The minimum atomic E-state index is -0.333. The lowest BCUT2D eigenvalue weighted by Crippen LogP contribution is -2.29. The zero-order valence-corrected chi connectivity index (χ0v) is 8.97. The van der Waals surface area contributed by atoms with E-state index in [1.807, 2.05) is 0 Å². The van der Waals surface area contributed by atoms with Crippen molar-refractivity contribution in [1.82, 2.24) is 5.32 Å². The number of primary amides is 1. The summed E-state index contributed by atoms with van der Waals surface area (Å²) in [5.41, 5.74) is 4.47. The number of nitrogens with two attached hydrogens (primary N) is 1. The van der Waals surface area contributed by atoms with E-state index in [1.54, 1.807) is 0 Å². The van der Waals surface area contributed by atoms with Gasteiger partial charge in [-0.25, -0.2) is 0 Å². The molecule has 13 heavy (non-hydrogen) atoms. The van der Waals surface area contributed by atoms with E-state index in [9.17, 15) is 4.79 Å². The Morgan fingerprint density at radius 2 is 1.77 bits per heavy atom. The van der Waals surface area contributed by atoms with Crippen molar-refractivity contribution in [3.05, 3.63) is 0 Å². The zero-order chi connectivity index (χ0) is 10.3. The molecule has 1 rings (SSSR count). The van der Waals surface area contributed by atoms with Crippen LogP contribution in [0.3, 0.4) is 0 Å². The molecule has 1 saturated heterocycles. The first-order valence-corrected chi connectivity index (χ1v) is 5.00. The molecule has 3 nitrogen and oxygen atoms in total. The van der Waals surface area contributed by atoms with Gasteiger partial charge in [0.1, 0.15) is 0 Å². The molecule has 0 spiro atoms. The van der Waals surface area contributed by atoms with Crippen LogP contribution in [0.25, 0.3) is 0 Å². The smallest absolute Gasteiger partial charge is 0.214 e. The van der Waals surface area contributed by atoms with Gasteiger partial charge < -0.3 is 11.1 Å². The maximum atomic E-state index is 9.22. The normalized spacial score (nSPS) is 17.8. The van der Waals surface area contributed by atoms with Crippen LogP contribution in [0.5, 0.6) is 0 Å². The summed E-state index contributed by atoms with van der Waals surface area (Å²) in [4.78, 5) is 9.22. The Hall–Kier alpha value is -0.570. The van der Waals surface area contributed by atoms with Crippen LogP contribution in [-0.4, -0.2) is 19.0 Å². The van der Waals surface area contributed by atoms with Crippen LogP contribution < -0.4 is 11.1 Å². The van der Waals surface area contributed by atoms with Gasteiger partial charge in [-0.15, -0.1) is 0 Å². The minimum absolute atomic E-state index is 0.333.